The largest absolute Gasteiger partial charge is 0.478 e. The SMILES string of the molecule is CC(C)(C)CC[C@H](c1ccc(C(=O)NCCC(=O)OC(C)(C)C)cc1)N1C(=O)C(c2cc(Cl)cc(Cl)c2)=NC12CCC(C(C)(C)C)CC2.CC(C)(C)CC[C@H](c1ccc(C(=O)O)cc1)N1C(=O)C(c2cc(Cl)cc(Cl)c2)=NC12CCC(C(C)(C)C)CC2.CC(C)(C)OC(=O)CCN.Cl. The number of ether oxygens (including phenoxy) is 2. The van der Waals surface area contributed by atoms with Crippen molar-refractivity contribution in [2.24, 2.45) is 49.2 Å². The van der Waals surface area contributed by atoms with Gasteiger partial charge in [0, 0.05) is 49.9 Å². The summed E-state index contributed by atoms with van der Waals surface area (Å²) in [5, 5.41) is 14.1. The number of hydrogen-bond donors (Lipinski definition) is 3. The third-order valence-corrected chi connectivity index (χ3v) is 19.4. The Morgan fingerprint density at radius 3 is 1.16 bits per heavy atom. The van der Waals surface area contributed by atoms with Crippen LogP contribution in [0.15, 0.2) is 94.9 Å². The van der Waals surface area contributed by atoms with E-state index in [4.69, 9.17) is 71.6 Å². The number of carbonyl (C=O) groups is 6. The fourth-order valence-electron chi connectivity index (χ4n) is 13.5. The van der Waals surface area contributed by atoms with Crippen LogP contribution >= 0.6 is 58.8 Å². The zero-order valence-corrected chi connectivity index (χ0v) is 65.0. The number of carboxylic acid groups (broad SMARTS) is 1. The summed E-state index contributed by atoms with van der Waals surface area (Å²) in [5.41, 5.74) is 7.92. The Bertz CT molecular complexity index is 3460. The van der Waals surface area contributed by atoms with Crippen molar-refractivity contribution in [1.82, 2.24) is 15.1 Å². The predicted molar refractivity (Wildman–Crippen MR) is 400 cm³/mol. The number of carbonyl (C=O) groups excluding carboxylic acids is 5. The molecule has 2 aliphatic carbocycles. The van der Waals surface area contributed by atoms with Crippen LogP contribution in [0.3, 0.4) is 0 Å². The molecule has 540 valence electrons. The minimum absolute atomic E-state index is 0. The van der Waals surface area contributed by atoms with Gasteiger partial charge in [0.2, 0.25) is 0 Å². The van der Waals surface area contributed by atoms with Crippen molar-refractivity contribution in [3.05, 3.63) is 138 Å². The molecule has 0 saturated heterocycles. The normalized spacial score (nSPS) is 20.4. The molecular formula is C78H109Cl5N6O9. The Morgan fingerprint density at radius 2 is 0.867 bits per heavy atom. The number of aliphatic imine (C=N–C) groups is 2. The van der Waals surface area contributed by atoms with Gasteiger partial charge in [-0.25, -0.2) is 4.79 Å². The van der Waals surface area contributed by atoms with Crippen LogP contribution in [0.4, 0.5) is 0 Å². The standard InChI is InChI=1S/C39H53Cl2N3O4.C32H40Cl2N2O3.C7H15NO2.ClH/c1-36(2,3)18-16-31(25-10-12-26(13-11-25)34(46)42-21-17-32(45)48-38(7,8)9)44-35(47)33(27-22-29(40)24-30(41)23-27)43-39(44)19-14-28(15-20-39)37(4,5)6;1-30(2,3)14-13-26(20-7-9-21(10-8-20)29(38)39)36-28(37)27(22-17-24(33)19-25(34)18-22)35-32(36)15-11-23(12-16-32)31(4,5)6;1-7(2,3)10-6(9)4-5-8;/h10-13,22-24,28,31H,14-21H2,1-9H3,(H,42,46);7-10,17-19,23,26H,11-16H2,1-6H3,(H,38,39);4-5,8H2,1-3H3;1H/t28?,31-,39?;23?,26-,32?;;/m11../s1. The zero-order valence-electron chi connectivity index (χ0n) is 61.2. The molecule has 2 aliphatic heterocycles. The molecule has 2 spiro atoms. The van der Waals surface area contributed by atoms with Crippen LogP contribution in [-0.2, 0) is 28.7 Å². The fourth-order valence-corrected chi connectivity index (χ4v) is 14.5. The summed E-state index contributed by atoms with van der Waals surface area (Å²) in [6.07, 6.45) is 10.6. The third-order valence-electron chi connectivity index (χ3n) is 18.5. The molecule has 98 heavy (non-hydrogen) atoms. The van der Waals surface area contributed by atoms with Gasteiger partial charge in [-0.1, -0.05) is 154 Å². The summed E-state index contributed by atoms with van der Waals surface area (Å²) in [6.45, 7) is 38.4. The molecule has 15 nitrogen and oxygen atoms in total. The van der Waals surface area contributed by atoms with Crippen molar-refractivity contribution in [2.45, 2.75) is 249 Å². The second-order valence-electron chi connectivity index (χ2n) is 33.3. The van der Waals surface area contributed by atoms with Crippen LogP contribution < -0.4 is 11.1 Å². The van der Waals surface area contributed by atoms with E-state index in [0.717, 1.165) is 88.2 Å². The molecule has 0 unspecified atom stereocenters. The number of esters is 2. The van der Waals surface area contributed by atoms with Gasteiger partial charge in [-0.05, 0) is 224 Å². The Morgan fingerprint density at radius 1 is 0.541 bits per heavy atom. The molecule has 2 heterocycles. The lowest BCUT2D eigenvalue weighted by Gasteiger charge is -2.47. The van der Waals surface area contributed by atoms with E-state index in [9.17, 15) is 33.9 Å². The number of carboxylic acids is 1. The molecule has 0 radical (unpaired) electrons. The van der Waals surface area contributed by atoms with Gasteiger partial charge >= 0.3 is 17.9 Å². The van der Waals surface area contributed by atoms with E-state index in [0.29, 0.717) is 73.0 Å². The first kappa shape index (κ1) is 83.1. The Hall–Kier alpha value is -5.55. The van der Waals surface area contributed by atoms with Crippen molar-refractivity contribution in [3.63, 3.8) is 0 Å². The molecule has 8 rings (SSSR count). The maximum Gasteiger partial charge on any atom is 0.335 e. The second kappa shape index (κ2) is 33.5. The van der Waals surface area contributed by atoms with E-state index in [2.05, 4.69) is 88.4 Å². The average molecular weight is 1450 g/mol. The number of halogens is 5. The summed E-state index contributed by atoms with van der Waals surface area (Å²) in [6, 6.07) is 24.3. The van der Waals surface area contributed by atoms with Crippen molar-refractivity contribution < 1.29 is 43.3 Å². The molecule has 0 bridgehead atoms. The van der Waals surface area contributed by atoms with Crippen molar-refractivity contribution in [3.8, 4) is 0 Å². The first-order chi connectivity index (χ1) is 44.7. The monoisotopic (exact) mass is 1450 g/mol. The highest BCUT2D eigenvalue weighted by atomic mass is 35.5. The predicted octanol–water partition coefficient (Wildman–Crippen LogP) is 19.5. The molecule has 2 saturated carbocycles. The van der Waals surface area contributed by atoms with Gasteiger partial charge in [0.05, 0.1) is 30.5 Å². The lowest BCUT2D eigenvalue weighted by atomic mass is 9.69. The minimum Gasteiger partial charge on any atom is -0.478 e. The average Bonchev–Trinajstić information content (AvgIpc) is 1.52. The second-order valence-corrected chi connectivity index (χ2v) is 35.1. The van der Waals surface area contributed by atoms with Crippen LogP contribution in [-0.4, -0.2) is 97.6 Å². The molecule has 2 atom stereocenters. The number of hydrogen-bond acceptors (Lipinski definition) is 11. The lowest BCUT2D eigenvalue weighted by Crippen LogP contribution is -2.51. The first-order valence-electron chi connectivity index (χ1n) is 34.4. The molecule has 0 aromatic heterocycles. The van der Waals surface area contributed by atoms with Gasteiger partial charge in [-0.2, -0.15) is 0 Å². The van der Waals surface area contributed by atoms with Crippen LogP contribution in [0.1, 0.15) is 270 Å². The maximum atomic E-state index is 14.7. The van der Waals surface area contributed by atoms with Gasteiger partial charge in [0.15, 0.2) is 0 Å². The van der Waals surface area contributed by atoms with E-state index in [1.165, 1.54) is 0 Å². The summed E-state index contributed by atoms with van der Waals surface area (Å²) < 4.78 is 10.3. The number of rotatable bonds is 17. The van der Waals surface area contributed by atoms with Crippen molar-refractivity contribution in [2.75, 3.05) is 13.1 Å². The molecular weight excluding hydrogens is 1340 g/mol. The van der Waals surface area contributed by atoms with E-state index in [1.807, 2.05) is 75.6 Å². The number of nitrogens with two attached hydrogens (primary N) is 1. The first-order valence-corrected chi connectivity index (χ1v) is 35.9. The topological polar surface area (TPSA) is 210 Å². The van der Waals surface area contributed by atoms with Crippen molar-refractivity contribution >= 4 is 106 Å². The quantitative estimate of drug-likeness (QED) is 0.0851. The number of nitrogens with zero attached hydrogens (tertiary/aromatic N) is 4. The van der Waals surface area contributed by atoms with Gasteiger partial charge in [-0.3, -0.25) is 34.0 Å². The third kappa shape index (κ3) is 23.5. The summed E-state index contributed by atoms with van der Waals surface area (Å²) in [4.78, 5) is 91.0. The summed E-state index contributed by atoms with van der Waals surface area (Å²) in [7, 11) is 0. The van der Waals surface area contributed by atoms with Gasteiger partial charge in [-0.15, -0.1) is 12.4 Å². The maximum absolute atomic E-state index is 14.7. The Labute approximate surface area is 610 Å². The molecule has 4 aromatic rings. The van der Waals surface area contributed by atoms with E-state index < -0.39 is 22.9 Å². The van der Waals surface area contributed by atoms with E-state index >= 15 is 0 Å². The van der Waals surface area contributed by atoms with Gasteiger partial charge in [0.25, 0.3) is 17.7 Å². The highest BCUT2D eigenvalue weighted by Gasteiger charge is 2.55. The smallest absolute Gasteiger partial charge is 0.335 e. The highest BCUT2D eigenvalue weighted by molar-refractivity contribution is 6.48. The lowest BCUT2D eigenvalue weighted by molar-refractivity contribution is -0.155. The van der Waals surface area contributed by atoms with Crippen LogP contribution in [0.5, 0.6) is 0 Å². The molecule has 2 fully saturated rings. The highest BCUT2D eigenvalue weighted by Crippen LogP contribution is 2.53. The molecule has 20 heteroatoms. The Kier molecular flexibility index (Phi) is 28.4. The molecule has 4 aliphatic rings. The summed E-state index contributed by atoms with van der Waals surface area (Å²) in [5.74, 6) is -0.991. The minimum atomic E-state index is -0.967. The van der Waals surface area contributed by atoms with Crippen LogP contribution in [0.25, 0.3) is 0 Å². The molecule has 4 aromatic carbocycles. The van der Waals surface area contributed by atoms with E-state index in [1.54, 1.807) is 60.7 Å². The zero-order chi connectivity index (χ0) is 72.6. The van der Waals surface area contributed by atoms with Crippen molar-refractivity contribution in [1.29, 1.82) is 0 Å². The van der Waals surface area contributed by atoms with Gasteiger partial charge in [0.1, 0.15) is 34.0 Å². The van der Waals surface area contributed by atoms with E-state index in [-0.39, 0.29) is 99.9 Å². The van der Waals surface area contributed by atoms with Gasteiger partial charge < -0.3 is 35.4 Å². The summed E-state index contributed by atoms with van der Waals surface area (Å²) >= 11 is 25.5. The number of aromatic carboxylic acids is 1. The number of amides is 3. The number of nitrogens with one attached hydrogen (secondary N) is 1. The number of benzene rings is 4. The fraction of sp³-hybridized carbons (Fsp3) is 0.590. The van der Waals surface area contributed by atoms with Crippen LogP contribution in [0, 0.1) is 33.5 Å². The van der Waals surface area contributed by atoms with Crippen LogP contribution in [0.2, 0.25) is 20.1 Å². The molecule has 3 amide bonds. The Balaban J connectivity index is 0.000000312. The molecule has 4 N–H and O–H groups in total.